The Morgan fingerprint density at radius 3 is 2.61 bits per heavy atom. The van der Waals surface area contributed by atoms with Crippen molar-refractivity contribution in [2.24, 2.45) is 0 Å². The highest BCUT2D eigenvalue weighted by atomic mass is 32.1. The molecule has 0 bridgehead atoms. The minimum absolute atomic E-state index is 0.161. The zero-order valence-corrected chi connectivity index (χ0v) is 21.3. The monoisotopic (exact) mass is 512 g/mol. The lowest BCUT2D eigenvalue weighted by Crippen LogP contribution is -2.21. The summed E-state index contributed by atoms with van der Waals surface area (Å²) < 4.78 is 36.7. The fourth-order valence-electron chi connectivity index (χ4n) is 4.17. The lowest BCUT2D eigenvalue weighted by molar-refractivity contribution is -0.144. The molecule has 0 radical (unpaired) electrons. The van der Waals surface area contributed by atoms with Crippen LogP contribution in [0.2, 0.25) is 0 Å². The zero-order chi connectivity index (χ0) is 25.7. The summed E-state index contributed by atoms with van der Waals surface area (Å²) in [6.45, 7) is 3.55. The number of ketones is 1. The molecule has 4 rings (SSSR count). The molecular formula is C28H29FO6S. The van der Waals surface area contributed by atoms with Gasteiger partial charge in [0.15, 0.2) is 12.4 Å². The zero-order valence-electron chi connectivity index (χ0n) is 20.5. The number of hydrogen-bond acceptors (Lipinski definition) is 7. The number of halogens is 1. The van der Waals surface area contributed by atoms with E-state index in [1.165, 1.54) is 42.7 Å². The number of methoxy groups -OCH3 is 1. The van der Waals surface area contributed by atoms with Crippen LogP contribution in [0.4, 0.5) is 4.39 Å². The highest BCUT2D eigenvalue weighted by molar-refractivity contribution is 7.21. The average Bonchev–Trinajstić information content (AvgIpc) is 3.38. The molecular weight excluding hydrogens is 483 g/mol. The van der Waals surface area contributed by atoms with Crippen molar-refractivity contribution in [3.8, 4) is 5.75 Å². The Morgan fingerprint density at radius 2 is 1.86 bits per heavy atom. The highest BCUT2D eigenvalue weighted by Gasteiger charge is 2.39. The van der Waals surface area contributed by atoms with Gasteiger partial charge in [-0.15, -0.1) is 11.3 Å². The third kappa shape index (κ3) is 6.37. The van der Waals surface area contributed by atoms with Gasteiger partial charge in [-0.1, -0.05) is 30.4 Å². The second-order valence-electron chi connectivity index (χ2n) is 8.97. The maximum Gasteiger partial charge on any atom is 0.305 e. The predicted octanol–water partition coefficient (Wildman–Crippen LogP) is 6.18. The normalized spacial score (nSPS) is 19.1. The average molecular weight is 513 g/mol. The molecule has 6 nitrogen and oxygen atoms in total. The molecule has 1 aliphatic rings. The number of hydrogen-bond donors (Lipinski definition) is 0. The Kier molecular flexibility index (Phi) is 8.18. The second-order valence-corrected chi connectivity index (χ2v) is 10.0. The van der Waals surface area contributed by atoms with Crippen LogP contribution in [0, 0.1) is 5.82 Å². The van der Waals surface area contributed by atoms with Crippen LogP contribution >= 0.6 is 11.3 Å². The first-order valence-corrected chi connectivity index (χ1v) is 12.6. The van der Waals surface area contributed by atoms with Crippen LogP contribution in [0.25, 0.3) is 16.2 Å². The molecule has 190 valence electrons. The van der Waals surface area contributed by atoms with Crippen LogP contribution in [0.1, 0.15) is 48.3 Å². The number of Topliss-reactive ketones (excluding diaryl/α,β-unsaturated/α-hetero) is 1. The molecule has 0 saturated carbocycles. The van der Waals surface area contributed by atoms with E-state index in [2.05, 4.69) is 0 Å². The Balaban J connectivity index is 1.53. The molecule has 1 aromatic heterocycles. The van der Waals surface area contributed by atoms with Gasteiger partial charge >= 0.3 is 5.97 Å². The summed E-state index contributed by atoms with van der Waals surface area (Å²) in [7, 11) is 1.38. The molecule has 2 heterocycles. The van der Waals surface area contributed by atoms with Gasteiger partial charge in [-0.05, 0) is 57.0 Å². The number of benzene rings is 2. The van der Waals surface area contributed by atoms with Crippen LogP contribution in [-0.4, -0.2) is 43.5 Å². The van der Waals surface area contributed by atoms with Gasteiger partial charge in [0.2, 0.25) is 5.78 Å². The topological polar surface area (TPSA) is 71.1 Å². The highest BCUT2D eigenvalue weighted by Crippen LogP contribution is 2.35. The smallest absolute Gasteiger partial charge is 0.305 e. The van der Waals surface area contributed by atoms with Crippen molar-refractivity contribution in [3.63, 3.8) is 0 Å². The Morgan fingerprint density at radius 1 is 1.11 bits per heavy atom. The summed E-state index contributed by atoms with van der Waals surface area (Å²) in [6, 6.07) is 13.4. The molecule has 0 aliphatic carbocycles. The van der Waals surface area contributed by atoms with E-state index in [0.717, 1.165) is 15.6 Å². The number of esters is 1. The summed E-state index contributed by atoms with van der Waals surface area (Å²) in [6.07, 6.45) is 4.83. The molecule has 1 fully saturated rings. The molecule has 36 heavy (non-hydrogen) atoms. The number of carbonyl (C=O) groups is 2. The van der Waals surface area contributed by atoms with E-state index in [4.69, 9.17) is 18.9 Å². The van der Waals surface area contributed by atoms with E-state index in [1.807, 2.05) is 50.3 Å². The van der Waals surface area contributed by atoms with E-state index >= 15 is 0 Å². The van der Waals surface area contributed by atoms with E-state index in [0.29, 0.717) is 29.9 Å². The van der Waals surface area contributed by atoms with Crippen molar-refractivity contribution < 1.29 is 32.9 Å². The van der Waals surface area contributed by atoms with Gasteiger partial charge in [-0.25, -0.2) is 4.39 Å². The number of fused-ring (bicyclic) bond motifs is 1. The molecule has 8 heteroatoms. The minimum Gasteiger partial charge on any atom is -0.485 e. The molecule has 0 N–H and O–H groups in total. The largest absolute Gasteiger partial charge is 0.485 e. The van der Waals surface area contributed by atoms with Crippen LogP contribution in [0.5, 0.6) is 5.75 Å². The van der Waals surface area contributed by atoms with Gasteiger partial charge in [-0.2, -0.15) is 0 Å². The summed E-state index contributed by atoms with van der Waals surface area (Å²) in [5.74, 6) is -1.12. The van der Waals surface area contributed by atoms with E-state index < -0.39 is 5.79 Å². The van der Waals surface area contributed by atoms with E-state index in [9.17, 15) is 14.0 Å². The third-order valence-electron chi connectivity index (χ3n) is 5.84. The van der Waals surface area contributed by atoms with Gasteiger partial charge in [-0.3, -0.25) is 9.59 Å². The number of carbonyl (C=O) groups excluding carboxylic acids is 2. The summed E-state index contributed by atoms with van der Waals surface area (Å²) in [5.41, 5.74) is 0.796. The minimum atomic E-state index is -0.761. The SMILES string of the molecule is COC(=O)CCC[C@@H]1OC(C)(C)O[C@@H]1/C=C/c1c(C(=O)COc2ccc(F)cc2)sc2ccccc12. The Bertz CT molecular complexity index is 1250. The third-order valence-corrected chi connectivity index (χ3v) is 7.07. The lowest BCUT2D eigenvalue weighted by Gasteiger charge is -2.16. The maximum absolute atomic E-state index is 13.2. The van der Waals surface area contributed by atoms with Gasteiger partial charge < -0.3 is 18.9 Å². The first-order valence-electron chi connectivity index (χ1n) is 11.8. The molecule has 0 spiro atoms. The van der Waals surface area contributed by atoms with Gasteiger partial charge in [0.05, 0.1) is 18.1 Å². The first kappa shape index (κ1) is 26.0. The van der Waals surface area contributed by atoms with Gasteiger partial charge in [0, 0.05) is 22.1 Å². The second kappa shape index (κ2) is 11.3. The number of ether oxygens (including phenoxy) is 4. The number of thiophene rings is 1. The molecule has 0 amide bonds. The van der Waals surface area contributed by atoms with Crippen molar-refractivity contribution in [2.75, 3.05) is 13.7 Å². The van der Waals surface area contributed by atoms with Crippen molar-refractivity contribution in [1.82, 2.24) is 0 Å². The fraction of sp³-hybridized carbons (Fsp3) is 0.357. The number of rotatable bonds is 10. The molecule has 1 aliphatic heterocycles. The van der Waals surface area contributed by atoms with Crippen LogP contribution in [0.3, 0.4) is 0 Å². The quantitative estimate of drug-likeness (QED) is 0.239. The van der Waals surface area contributed by atoms with Crippen molar-refractivity contribution in [3.05, 3.63) is 70.9 Å². The molecule has 0 unspecified atom stereocenters. The summed E-state index contributed by atoms with van der Waals surface area (Å²) in [4.78, 5) is 25.2. The van der Waals surface area contributed by atoms with Gasteiger partial charge in [0.1, 0.15) is 17.7 Å². The molecule has 2 atom stereocenters. The van der Waals surface area contributed by atoms with E-state index in [-0.39, 0.29) is 36.4 Å². The van der Waals surface area contributed by atoms with Crippen LogP contribution < -0.4 is 4.74 Å². The fourth-order valence-corrected chi connectivity index (χ4v) is 5.29. The maximum atomic E-state index is 13.2. The molecule has 1 saturated heterocycles. The van der Waals surface area contributed by atoms with Crippen molar-refractivity contribution in [2.45, 2.75) is 51.1 Å². The Labute approximate surface area is 213 Å². The summed E-state index contributed by atoms with van der Waals surface area (Å²) >= 11 is 1.41. The van der Waals surface area contributed by atoms with E-state index in [1.54, 1.807) is 0 Å². The molecule has 3 aromatic rings. The van der Waals surface area contributed by atoms with Crippen LogP contribution in [0.15, 0.2) is 54.6 Å². The van der Waals surface area contributed by atoms with Crippen LogP contribution in [-0.2, 0) is 19.0 Å². The van der Waals surface area contributed by atoms with Gasteiger partial charge in [0.25, 0.3) is 0 Å². The van der Waals surface area contributed by atoms with Crippen molar-refractivity contribution >= 4 is 39.3 Å². The van der Waals surface area contributed by atoms with Crippen molar-refractivity contribution in [1.29, 1.82) is 0 Å². The summed E-state index contributed by atoms with van der Waals surface area (Å²) in [5, 5.41) is 0.962. The first-order chi connectivity index (χ1) is 17.3. The lowest BCUT2D eigenvalue weighted by atomic mass is 10.0. The standard InChI is InChI=1S/C28H29FO6S/c1-28(2)34-23(8-6-10-26(31)32-3)24(35-28)16-15-21-20-7-4-5-9-25(20)36-27(21)22(30)17-33-19-13-11-18(29)12-14-19/h4-5,7,9,11-16,23-24H,6,8,10,17H2,1-3H3/b16-15+/t23-,24+/m0/s1. The Hall–Kier alpha value is -3.07. The predicted molar refractivity (Wildman–Crippen MR) is 137 cm³/mol. The molecule has 2 aromatic carbocycles.